The molecule has 238 valence electrons. The summed E-state index contributed by atoms with van der Waals surface area (Å²) in [4.78, 5) is 0. The van der Waals surface area contributed by atoms with E-state index in [1.54, 1.807) is 0 Å². The number of nitrogens with zero attached hydrogens (tertiary/aromatic N) is 3. The van der Waals surface area contributed by atoms with Gasteiger partial charge in [0.1, 0.15) is 0 Å². The molecule has 3 aromatic heterocycles. The van der Waals surface area contributed by atoms with Crippen LogP contribution in [0.3, 0.4) is 0 Å². The third kappa shape index (κ3) is 4.12. The Labute approximate surface area is 294 Å². The molecular formula is C48H31N3. The number of rotatable bonds is 4. The molecule has 11 rings (SSSR count). The van der Waals surface area contributed by atoms with Gasteiger partial charge in [-0.15, -0.1) is 0 Å². The molecule has 0 N–H and O–H groups in total. The van der Waals surface area contributed by atoms with Crippen LogP contribution in [0.4, 0.5) is 0 Å². The predicted octanol–water partition coefficient (Wildman–Crippen LogP) is 12.6. The van der Waals surface area contributed by atoms with Crippen LogP contribution in [-0.2, 0) is 0 Å². The zero-order chi connectivity index (χ0) is 33.5. The van der Waals surface area contributed by atoms with E-state index in [4.69, 9.17) is 0 Å². The highest BCUT2D eigenvalue weighted by Crippen LogP contribution is 2.40. The molecule has 0 aliphatic carbocycles. The zero-order valence-electron chi connectivity index (χ0n) is 27.7. The number of fused-ring (bicyclic) bond motifs is 9. The van der Waals surface area contributed by atoms with Crippen molar-refractivity contribution in [2.24, 2.45) is 0 Å². The van der Waals surface area contributed by atoms with Gasteiger partial charge in [-0.3, -0.25) is 0 Å². The maximum absolute atomic E-state index is 2.44. The van der Waals surface area contributed by atoms with Crippen molar-refractivity contribution in [2.45, 2.75) is 0 Å². The quantitative estimate of drug-likeness (QED) is 0.180. The minimum absolute atomic E-state index is 1.15. The molecule has 0 saturated carbocycles. The molecule has 0 spiro atoms. The fourth-order valence-electron chi connectivity index (χ4n) is 8.39. The van der Waals surface area contributed by atoms with E-state index in [0.29, 0.717) is 0 Å². The molecule has 51 heavy (non-hydrogen) atoms. The molecule has 3 nitrogen and oxygen atoms in total. The molecule has 0 saturated heterocycles. The molecule has 0 radical (unpaired) electrons. The second-order valence-corrected chi connectivity index (χ2v) is 13.4. The van der Waals surface area contributed by atoms with Gasteiger partial charge in [-0.05, 0) is 83.9 Å². The van der Waals surface area contributed by atoms with Crippen LogP contribution >= 0.6 is 0 Å². The molecule has 0 aliphatic heterocycles. The van der Waals surface area contributed by atoms with Gasteiger partial charge in [-0.2, -0.15) is 0 Å². The molecule has 3 heterocycles. The van der Waals surface area contributed by atoms with Gasteiger partial charge in [0, 0.05) is 49.4 Å². The summed E-state index contributed by atoms with van der Waals surface area (Å²) < 4.78 is 7.22. The third-order valence-electron chi connectivity index (χ3n) is 10.6. The Balaban J connectivity index is 1.14. The molecular weight excluding hydrogens is 619 g/mol. The maximum Gasteiger partial charge on any atom is 0.0561 e. The van der Waals surface area contributed by atoms with E-state index in [0.717, 1.165) is 11.4 Å². The first-order valence-electron chi connectivity index (χ1n) is 17.5. The van der Waals surface area contributed by atoms with Crippen LogP contribution in [-0.4, -0.2) is 13.7 Å². The highest BCUT2D eigenvalue weighted by atomic mass is 15.0. The first-order valence-corrected chi connectivity index (χ1v) is 17.5. The van der Waals surface area contributed by atoms with Crippen LogP contribution < -0.4 is 0 Å². The Morgan fingerprint density at radius 2 is 0.608 bits per heavy atom. The van der Waals surface area contributed by atoms with E-state index in [1.165, 1.54) is 82.2 Å². The van der Waals surface area contributed by atoms with Crippen LogP contribution in [0.5, 0.6) is 0 Å². The average molecular weight is 650 g/mol. The summed E-state index contributed by atoms with van der Waals surface area (Å²) in [5, 5.41) is 7.53. The lowest BCUT2D eigenvalue weighted by atomic mass is 10.0. The van der Waals surface area contributed by atoms with Crippen molar-refractivity contribution in [2.75, 3.05) is 0 Å². The summed E-state index contributed by atoms with van der Waals surface area (Å²) >= 11 is 0. The Morgan fingerprint density at radius 3 is 1.22 bits per heavy atom. The molecule has 0 fully saturated rings. The molecule has 3 heteroatoms. The highest BCUT2D eigenvalue weighted by Gasteiger charge is 2.18. The lowest BCUT2D eigenvalue weighted by Crippen LogP contribution is -1.97. The lowest BCUT2D eigenvalue weighted by Gasteiger charge is -2.12. The van der Waals surface area contributed by atoms with Gasteiger partial charge < -0.3 is 13.7 Å². The Kier molecular flexibility index (Phi) is 5.96. The van der Waals surface area contributed by atoms with Crippen molar-refractivity contribution < 1.29 is 0 Å². The second kappa shape index (κ2) is 10.8. The normalized spacial score (nSPS) is 11.9. The number of benzene rings is 8. The monoisotopic (exact) mass is 649 g/mol. The molecule has 0 amide bonds. The number of para-hydroxylation sites is 5. The van der Waals surface area contributed by atoms with E-state index >= 15 is 0 Å². The van der Waals surface area contributed by atoms with Gasteiger partial charge >= 0.3 is 0 Å². The van der Waals surface area contributed by atoms with Crippen molar-refractivity contribution in [3.63, 3.8) is 0 Å². The maximum atomic E-state index is 2.44. The summed E-state index contributed by atoms with van der Waals surface area (Å²) in [6.07, 6.45) is 0. The van der Waals surface area contributed by atoms with Gasteiger partial charge in [0.2, 0.25) is 0 Å². The smallest absolute Gasteiger partial charge is 0.0561 e. The van der Waals surface area contributed by atoms with Gasteiger partial charge in [0.15, 0.2) is 0 Å². The van der Waals surface area contributed by atoms with E-state index in [9.17, 15) is 0 Å². The molecule has 8 aromatic carbocycles. The average Bonchev–Trinajstić information content (AvgIpc) is 3.83. The second-order valence-electron chi connectivity index (χ2n) is 13.4. The third-order valence-corrected chi connectivity index (χ3v) is 10.6. The standard InChI is InChI=1S/C48H31N3/c1-3-13-34(14-4-1)49-45-22-12-9-19-39(45)42-29-32(24-28-46(42)49)33-23-26-40-37-17-8-11-21-44(37)51(47(40)30-33)36-25-27-41-38-18-7-10-20-43(38)50(48(41)31-36)35-15-5-2-6-16-35/h1-31H. The SMILES string of the molecule is c1ccc(-n2c3ccccc3c3cc(-c4ccc5c6ccccc6n(-c6ccc7c8ccccc8n(-c8ccccc8)c7c6)c5c4)ccc32)cc1. The van der Waals surface area contributed by atoms with Crippen LogP contribution in [0.2, 0.25) is 0 Å². The first kappa shape index (κ1) is 28.0. The summed E-state index contributed by atoms with van der Waals surface area (Å²) in [6, 6.07) is 68.5. The summed E-state index contributed by atoms with van der Waals surface area (Å²) in [6.45, 7) is 0. The highest BCUT2D eigenvalue weighted by molar-refractivity contribution is 6.13. The van der Waals surface area contributed by atoms with Crippen LogP contribution in [0.1, 0.15) is 0 Å². The Morgan fingerprint density at radius 1 is 0.216 bits per heavy atom. The molecule has 0 aliphatic rings. The zero-order valence-corrected chi connectivity index (χ0v) is 27.7. The summed E-state index contributed by atoms with van der Waals surface area (Å²) in [7, 11) is 0. The number of aromatic nitrogens is 3. The molecule has 0 unspecified atom stereocenters. The summed E-state index contributed by atoms with van der Waals surface area (Å²) in [5.74, 6) is 0. The van der Waals surface area contributed by atoms with Crippen molar-refractivity contribution in [3.8, 4) is 28.2 Å². The fourth-order valence-corrected chi connectivity index (χ4v) is 8.39. The Hall–Kier alpha value is -6.84. The predicted molar refractivity (Wildman–Crippen MR) is 215 cm³/mol. The first-order chi connectivity index (χ1) is 25.3. The minimum Gasteiger partial charge on any atom is -0.309 e. The number of hydrogen-bond donors (Lipinski definition) is 0. The Bertz CT molecular complexity index is 3120. The van der Waals surface area contributed by atoms with E-state index in [1.807, 2.05) is 0 Å². The van der Waals surface area contributed by atoms with Crippen LogP contribution in [0.25, 0.3) is 93.6 Å². The van der Waals surface area contributed by atoms with E-state index in [-0.39, 0.29) is 0 Å². The molecule has 0 atom stereocenters. The fraction of sp³-hybridized carbons (Fsp3) is 0. The van der Waals surface area contributed by atoms with Crippen LogP contribution in [0, 0.1) is 0 Å². The molecule has 11 aromatic rings. The van der Waals surface area contributed by atoms with Gasteiger partial charge in [0.25, 0.3) is 0 Å². The largest absolute Gasteiger partial charge is 0.309 e. The van der Waals surface area contributed by atoms with Gasteiger partial charge in [-0.25, -0.2) is 0 Å². The van der Waals surface area contributed by atoms with Gasteiger partial charge in [-0.1, -0.05) is 115 Å². The van der Waals surface area contributed by atoms with Crippen molar-refractivity contribution >= 4 is 65.4 Å². The number of hydrogen-bond acceptors (Lipinski definition) is 0. The van der Waals surface area contributed by atoms with Crippen molar-refractivity contribution in [3.05, 3.63) is 188 Å². The van der Waals surface area contributed by atoms with Crippen LogP contribution in [0.15, 0.2) is 188 Å². The van der Waals surface area contributed by atoms with Crippen molar-refractivity contribution in [1.82, 2.24) is 13.7 Å². The van der Waals surface area contributed by atoms with Crippen molar-refractivity contribution in [1.29, 1.82) is 0 Å². The topological polar surface area (TPSA) is 14.8 Å². The van der Waals surface area contributed by atoms with Gasteiger partial charge in [0.05, 0.1) is 33.1 Å². The lowest BCUT2D eigenvalue weighted by molar-refractivity contribution is 1.15. The van der Waals surface area contributed by atoms with E-state index < -0.39 is 0 Å². The minimum atomic E-state index is 1.15. The molecule has 0 bridgehead atoms. The summed E-state index contributed by atoms with van der Waals surface area (Å²) in [5.41, 5.74) is 13.1. The van der Waals surface area contributed by atoms with E-state index in [2.05, 4.69) is 202 Å².